The maximum Gasteiger partial charge on any atom is 0.247 e. The fourth-order valence-electron chi connectivity index (χ4n) is 1.31. The van der Waals surface area contributed by atoms with Crippen LogP contribution in [0.1, 0.15) is 6.92 Å². The number of rotatable bonds is 5. The molecule has 96 valence electrons. The number of nitrogens with one attached hydrogen (secondary N) is 1. The summed E-state index contributed by atoms with van der Waals surface area (Å²) in [5.74, 6) is 0. The quantitative estimate of drug-likeness (QED) is 0.810. The number of pyridine rings is 1. The van der Waals surface area contributed by atoms with Crippen LogP contribution in [0.2, 0.25) is 0 Å². The molecule has 0 saturated carbocycles. The molecule has 1 unspecified atom stereocenters. The van der Waals surface area contributed by atoms with E-state index >= 15 is 0 Å². The summed E-state index contributed by atoms with van der Waals surface area (Å²) in [7, 11) is -0.607. The summed E-state index contributed by atoms with van der Waals surface area (Å²) in [6, 6.07) is 2.18. The molecule has 0 spiro atoms. The van der Waals surface area contributed by atoms with Gasteiger partial charge in [-0.3, -0.25) is 4.79 Å². The molecule has 1 aromatic rings. The van der Waals surface area contributed by atoms with E-state index in [2.05, 4.69) is 4.98 Å². The van der Waals surface area contributed by atoms with Gasteiger partial charge in [-0.15, -0.1) is 0 Å². The van der Waals surface area contributed by atoms with Gasteiger partial charge < -0.3 is 9.72 Å². The second-order valence-electron chi connectivity index (χ2n) is 3.71. The lowest BCUT2D eigenvalue weighted by atomic mass is 10.4. The van der Waals surface area contributed by atoms with Gasteiger partial charge in [0.05, 0.1) is 11.5 Å². The molecule has 0 aromatic carbocycles. The van der Waals surface area contributed by atoms with Gasteiger partial charge >= 0.3 is 0 Å². The van der Waals surface area contributed by atoms with Crippen molar-refractivity contribution in [1.29, 1.82) is 0 Å². The summed E-state index contributed by atoms with van der Waals surface area (Å²) >= 11 is 0. The first-order chi connectivity index (χ1) is 7.89. The van der Waals surface area contributed by atoms with Crippen LogP contribution in [0.15, 0.2) is 28.0 Å². The van der Waals surface area contributed by atoms with Crippen LogP contribution in [-0.4, -0.2) is 44.5 Å². The third kappa shape index (κ3) is 3.15. The second-order valence-corrected chi connectivity index (χ2v) is 5.71. The number of nitrogens with zero attached hydrogens (tertiary/aromatic N) is 1. The van der Waals surface area contributed by atoms with Gasteiger partial charge in [-0.25, -0.2) is 8.42 Å². The SMILES string of the molecule is COCC(C)N(C)S(=O)(=O)c1ccc(=O)[nH]c1. The van der Waals surface area contributed by atoms with Crippen molar-refractivity contribution in [2.45, 2.75) is 17.9 Å². The molecule has 0 aliphatic rings. The Morgan fingerprint density at radius 1 is 1.47 bits per heavy atom. The van der Waals surface area contributed by atoms with Crippen LogP contribution >= 0.6 is 0 Å². The first-order valence-electron chi connectivity index (χ1n) is 5.05. The average Bonchev–Trinajstić information content (AvgIpc) is 2.29. The van der Waals surface area contributed by atoms with Gasteiger partial charge in [-0.2, -0.15) is 4.31 Å². The molecule has 1 N–H and O–H groups in total. The van der Waals surface area contributed by atoms with Crippen molar-refractivity contribution < 1.29 is 13.2 Å². The number of sulfonamides is 1. The van der Waals surface area contributed by atoms with E-state index < -0.39 is 10.0 Å². The Kier molecular flexibility index (Phi) is 4.44. The largest absolute Gasteiger partial charge is 0.383 e. The number of aromatic amines is 1. The first-order valence-corrected chi connectivity index (χ1v) is 6.49. The Bertz CT molecular complexity index is 503. The lowest BCUT2D eigenvalue weighted by Crippen LogP contribution is -2.37. The van der Waals surface area contributed by atoms with Crippen LogP contribution in [0.3, 0.4) is 0 Å². The summed E-state index contributed by atoms with van der Waals surface area (Å²) in [6.45, 7) is 2.05. The average molecular weight is 260 g/mol. The van der Waals surface area contributed by atoms with Crippen molar-refractivity contribution in [3.63, 3.8) is 0 Å². The van der Waals surface area contributed by atoms with E-state index in [0.717, 1.165) is 0 Å². The van der Waals surface area contributed by atoms with Crippen LogP contribution in [0, 0.1) is 0 Å². The number of methoxy groups -OCH3 is 1. The number of aromatic nitrogens is 1. The highest BCUT2D eigenvalue weighted by molar-refractivity contribution is 7.89. The van der Waals surface area contributed by atoms with E-state index in [9.17, 15) is 13.2 Å². The lowest BCUT2D eigenvalue weighted by molar-refractivity contribution is 0.149. The Morgan fingerprint density at radius 3 is 2.59 bits per heavy atom. The Hall–Kier alpha value is -1.18. The highest BCUT2D eigenvalue weighted by Crippen LogP contribution is 2.14. The Balaban J connectivity index is 3.02. The number of ether oxygens (including phenoxy) is 1. The zero-order chi connectivity index (χ0) is 13.1. The number of H-pyrrole nitrogens is 1. The summed E-state index contributed by atoms with van der Waals surface area (Å²) in [4.78, 5) is 13.3. The van der Waals surface area contributed by atoms with Gasteiger partial charge in [0.25, 0.3) is 0 Å². The van der Waals surface area contributed by atoms with Crippen molar-refractivity contribution >= 4 is 10.0 Å². The minimum Gasteiger partial charge on any atom is -0.383 e. The predicted molar refractivity (Wildman–Crippen MR) is 63.3 cm³/mol. The van der Waals surface area contributed by atoms with Crippen LogP contribution in [0.5, 0.6) is 0 Å². The molecule has 1 heterocycles. The molecule has 0 fully saturated rings. The van der Waals surface area contributed by atoms with E-state index in [0.29, 0.717) is 6.61 Å². The maximum atomic E-state index is 12.1. The molecule has 0 bridgehead atoms. The zero-order valence-corrected chi connectivity index (χ0v) is 10.8. The molecule has 6 nitrogen and oxygen atoms in total. The highest BCUT2D eigenvalue weighted by atomic mass is 32.2. The summed E-state index contributed by atoms with van der Waals surface area (Å²) in [5.41, 5.74) is -0.337. The fraction of sp³-hybridized carbons (Fsp3) is 0.500. The molecule has 1 aromatic heterocycles. The third-order valence-corrected chi connectivity index (χ3v) is 4.43. The van der Waals surface area contributed by atoms with E-state index in [-0.39, 0.29) is 16.5 Å². The van der Waals surface area contributed by atoms with Crippen LogP contribution in [-0.2, 0) is 14.8 Å². The molecule has 0 saturated heterocycles. The molecular formula is C10H16N2O4S. The monoisotopic (exact) mass is 260 g/mol. The van der Waals surface area contributed by atoms with Crippen molar-refractivity contribution in [3.05, 3.63) is 28.7 Å². The Labute approximate surface area is 100 Å². The molecule has 1 atom stereocenters. The van der Waals surface area contributed by atoms with Crippen LogP contribution in [0.4, 0.5) is 0 Å². The van der Waals surface area contributed by atoms with E-state index in [1.54, 1.807) is 6.92 Å². The Morgan fingerprint density at radius 2 is 2.12 bits per heavy atom. The van der Waals surface area contributed by atoms with Crippen molar-refractivity contribution in [3.8, 4) is 0 Å². The van der Waals surface area contributed by atoms with Gasteiger partial charge in [0.1, 0.15) is 0 Å². The molecule has 17 heavy (non-hydrogen) atoms. The predicted octanol–water partition coefficient (Wildman–Crippen LogP) is 0.0303. The zero-order valence-electron chi connectivity index (χ0n) is 10.0. The number of hydrogen-bond acceptors (Lipinski definition) is 4. The first kappa shape index (κ1) is 13.9. The standard InChI is InChI=1S/C10H16N2O4S/c1-8(7-16-3)12(2)17(14,15)9-4-5-10(13)11-6-9/h4-6,8H,7H2,1-3H3,(H,11,13). The molecule has 7 heteroatoms. The topological polar surface area (TPSA) is 79.5 Å². The van der Waals surface area contributed by atoms with Gasteiger partial charge in [-0.05, 0) is 13.0 Å². The van der Waals surface area contributed by atoms with Crippen molar-refractivity contribution in [2.24, 2.45) is 0 Å². The van der Waals surface area contributed by atoms with Crippen molar-refractivity contribution in [2.75, 3.05) is 20.8 Å². The van der Waals surface area contributed by atoms with E-state index in [4.69, 9.17) is 4.74 Å². The third-order valence-electron chi connectivity index (χ3n) is 2.46. The highest BCUT2D eigenvalue weighted by Gasteiger charge is 2.25. The molecule has 0 amide bonds. The van der Waals surface area contributed by atoms with Gasteiger partial charge in [0, 0.05) is 32.5 Å². The smallest absolute Gasteiger partial charge is 0.247 e. The van der Waals surface area contributed by atoms with E-state index in [1.165, 1.54) is 36.8 Å². The molecule has 0 aliphatic carbocycles. The number of hydrogen-bond donors (Lipinski definition) is 1. The van der Waals surface area contributed by atoms with Gasteiger partial charge in [-0.1, -0.05) is 0 Å². The number of likely N-dealkylation sites (N-methyl/N-ethyl adjacent to an activating group) is 1. The normalized spacial score (nSPS) is 13.9. The van der Waals surface area contributed by atoms with Gasteiger partial charge in [0.2, 0.25) is 15.6 Å². The lowest BCUT2D eigenvalue weighted by Gasteiger charge is -2.23. The summed E-state index contributed by atoms with van der Waals surface area (Å²) in [6.07, 6.45) is 1.19. The fourth-order valence-corrected chi connectivity index (χ4v) is 2.62. The van der Waals surface area contributed by atoms with Crippen LogP contribution < -0.4 is 5.56 Å². The minimum absolute atomic E-state index is 0.0579. The molecule has 1 rings (SSSR count). The second kappa shape index (κ2) is 5.44. The van der Waals surface area contributed by atoms with Crippen LogP contribution in [0.25, 0.3) is 0 Å². The minimum atomic E-state index is -3.59. The summed E-state index contributed by atoms with van der Waals surface area (Å²) in [5, 5.41) is 0. The molecule has 0 radical (unpaired) electrons. The van der Waals surface area contributed by atoms with Gasteiger partial charge in [0.15, 0.2) is 0 Å². The summed E-state index contributed by atoms with van der Waals surface area (Å²) < 4.78 is 30.3. The van der Waals surface area contributed by atoms with Crippen molar-refractivity contribution in [1.82, 2.24) is 9.29 Å². The molecule has 0 aliphatic heterocycles. The molecular weight excluding hydrogens is 244 g/mol. The maximum absolute atomic E-state index is 12.1. The van der Waals surface area contributed by atoms with E-state index in [1.807, 2.05) is 0 Å².